The van der Waals surface area contributed by atoms with Gasteiger partial charge in [0.25, 0.3) is 10.0 Å². The van der Waals surface area contributed by atoms with Crippen LogP contribution in [0.25, 0.3) is 0 Å². The third-order valence-corrected chi connectivity index (χ3v) is 4.60. The zero-order valence-electron chi connectivity index (χ0n) is 9.63. The predicted octanol–water partition coefficient (Wildman–Crippen LogP) is 3.04. The zero-order chi connectivity index (χ0) is 14.9. The Morgan fingerprint density at radius 3 is 2.55 bits per heavy atom. The lowest BCUT2D eigenvalue weighted by Crippen LogP contribution is -2.13. The van der Waals surface area contributed by atoms with Crippen molar-refractivity contribution in [3.05, 3.63) is 44.7 Å². The third-order valence-electron chi connectivity index (χ3n) is 2.23. The van der Waals surface area contributed by atoms with Gasteiger partial charge in [-0.1, -0.05) is 11.6 Å². The van der Waals surface area contributed by atoms with Crippen LogP contribution in [0.15, 0.2) is 39.8 Å². The minimum Gasteiger partial charge on any atom is -0.475 e. The molecule has 1 aromatic heterocycles. The molecule has 106 valence electrons. The summed E-state index contributed by atoms with van der Waals surface area (Å²) in [6, 6.07) is 6.78. The molecular formula is C11H7ClINO5S. The molecule has 1 heterocycles. The number of nitrogens with one attached hydrogen (secondary N) is 1. The van der Waals surface area contributed by atoms with E-state index in [0.29, 0.717) is 14.3 Å². The first-order chi connectivity index (χ1) is 9.29. The van der Waals surface area contributed by atoms with Gasteiger partial charge in [-0.05, 0) is 52.9 Å². The van der Waals surface area contributed by atoms with Gasteiger partial charge in [0, 0.05) is 8.59 Å². The lowest BCUT2D eigenvalue weighted by Gasteiger charge is -2.07. The zero-order valence-corrected chi connectivity index (χ0v) is 13.4. The van der Waals surface area contributed by atoms with Crippen molar-refractivity contribution in [3.8, 4) is 0 Å². The summed E-state index contributed by atoms with van der Waals surface area (Å²) in [6.07, 6.45) is 0. The fourth-order valence-electron chi connectivity index (χ4n) is 1.35. The smallest absolute Gasteiger partial charge is 0.371 e. The van der Waals surface area contributed by atoms with E-state index in [1.54, 1.807) is 6.07 Å². The quantitative estimate of drug-likeness (QED) is 0.731. The first-order valence-corrected chi connectivity index (χ1v) is 8.04. The summed E-state index contributed by atoms with van der Waals surface area (Å²) in [7, 11) is -3.99. The van der Waals surface area contributed by atoms with Crippen molar-refractivity contribution in [2.75, 3.05) is 4.72 Å². The number of carbonyl (C=O) groups is 1. The van der Waals surface area contributed by atoms with Gasteiger partial charge in [0.2, 0.25) is 10.9 Å². The van der Waals surface area contributed by atoms with Crippen LogP contribution < -0.4 is 4.72 Å². The van der Waals surface area contributed by atoms with Crippen molar-refractivity contribution in [2.45, 2.75) is 5.09 Å². The van der Waals surface area contributed by atoms with Crippen molar-refractivity contribution in [1.82, 2.24) is 0 Å². The highest BCUT2D eigenvalue weighted by atomic mass is 127. The maximum Gasteiger partial charge on any atom is 0.371 e. The van der Waals surface area contributed by atoms with Gasteiger partial charge in [-0.2, -0.15) is 8.42 Å². The molecule has 0 atom stereocenters. The van der Waals surface area contributed by atoms with Crippen LogP contribution >= 0.6 is 34.2 Å². The van der Waals surface area contributed by atoms with Gasteiger partial charge >= 0.3 is 5.97 Å². The summed E-state index contributed by atoms with van der Waals surface area (Å²) in [5, 5.41) is 8.71. The van der Waals surface area contributed by atoms with Gasteiger partial charge in [-0.15, -0.1) is 0 Å². The van der Waals surface area contributed by atoms with Gasteiger partial charge in [0.1, 0.15) is 0 Å². The second-order valence-electron chi connectivity index (χ2n) is 3.65. The Hall–Kier alpha value is -1.26. The molecule has 0 aliphatic rings. The van der Waals surface area contributed by atoms with Crippen LogP contribution in [0.5, 0.6) is 0 Å². The van der Waals surface area contributed by atoms with E-state index in [2.05, 4.69) is 4.72 Å². The Morgan fingerprint density at radius 1 is 1.30 bits per heavy atom. The minimum absolute atomic E-state index is 0.322. The Balaban J connectivity index is 2.33. The van der Waals surface area contributed by atoms with Crippen molar-refractivity contribution >= 4 is 55.9 Å². The average Bonchev–Trinajstić information content (AvgIpc) is 2.83. The lowest BCUT2D eigenvalue weighted by molar-refractivity contribution is 0.0656. The average molecular weight is 428 g/mol. The van der Waals surface area contributed by atoms with Gasteiger partial charge in [-0.25, -0.2) is 4.79 Å². The fraction of sp³-hybridized carbons (Fsp3) is 0. The number of aromatic carboxylic acids is 1. The van der Waals surface area contributed by atoms with Crippen LogP contribution in [-0.4, -0.2) is 19.5 Å². The molecule has 0 aliphatic carbocycles. The third kappa shape index (κ3) is 3.25. The lowest BCUT2D eigenvalue weighted by atomic mass is 10.3. The Morgan fingerprint density at radius 2 is 2.00 bits per heavy atom. The molecule has 0 spiro atoms. The summed E-state index contributed by atoms with van der Waals surface area (Å²) in [4.78, 5) is 10.7. The summed E-state index contributed by atoms with van der Waals surface area (Å²) in [5.41, 5.74) is 0.322. The van der Waals surface area contributed by atoms with Gasteiger partial charge in [0.15, 0.2) is 0 Å². The fourth-order valence-corrected chi connectivity index (χ4v) is 3.55. The van der Waals surface area contributed by atoms with Crippen molar-refractivity contribution in [2.24, 2.45) is 0 Å². The Labute approximate surface area is 132 Å². The molecule has 20 heavy (non-hydrogen) atoms. The number of rotatable bonds is 4. The van der Waals surface area contributed by atoms with Crippen molar-refractivity contribution < 1.29 is 22.7 Å². The van der Waals surface area contributed by atoms with Crippen LogP contribution in [0, 0.1) is 3.57 Å². The molecule has 0 bridgehead atoms. The van der Waals surface area contributed by atoms with Gasteiger partial charge in [0.05, 0.1) is 5.69 Å². The van der Waals surface area contributed by atoms with Gasteiger partial charge in [-0.3, -0.25) is 4.72 Å². The highest BCUT2D eigenvalue weighted by molar-refractivity contribution is 14.1. The monoisotopic (exact) mass is 427 g/mol. The number of benzene rings is 1. The maximum atomic E-state index is 12.0. The molecule has 1 aromatic carbocycles. The molecule has 0 unspecified atom stereocenters. The number of anilines is 1. The van der Waals surface area contributed by atoms with Crippen LogP contribution in [0.2, 0.25) is 5.02 Å². The van der Waals surface area contributed by atoms with Crippen LogP contribution in [0.4, 0.5) is 5.69 Å². The highest BCUT2D eigenvalue weighted by Crippen LogP contribution is 2.25. The molecule has 9 heteroatoms. The molecule has 2 rings (SSSR count). The standard InChI is InChI=1S/C11H7ClINO5S/c12-6-1-2-8(7(13)5-6)14-20(17,18)10-4-3-9(19-10)11(15)16/h1-5,14H,(H,15,16). The molecule has 2 N–H and O–H groups in total. The second kappa shape index (κ2) is 5.62. The van der Waals surface area contributed by atoms with E-state index >= 15 is 0 Å². The maximum absolute atomic E-state index is 12.0. The first kappa shape index (κ1) is 15.1. The Bertz CT molecular complexity index is 771. The van der Waals surface area contributed by atoms with E-state index in [-0.39, 0.29) is 0 Å². The van der Waals surface area contributed by atoms with E-state index in [4.69, 9.17) is 21.1 Å². The Kier molecular flexibility index (Phi) is 4.25. The molecule has 0 fully saturated rings. The van der Waals surface area contributed by atoms with Crippen LogP contribution in [0.3, 0.4) is 0 Å². The molecular weight excluding hydrogens is 421 g/mol. The molecule has 0 saturated carbocycles. The van der Waals surface area contributed by atoms with Crippen molar-refractivity contribution in [1.29, 1.82) is 0 Å². The number of sulfonamides is 1. The predicted molar refractivity (Wildman–Crippen MR) is 80.6 cm³/mol. The SMILES string of the molecule is O=C(O)c1ccc(S(=O)(=O)Nc2ccc(Cl)cc2I)o1. The van der Waals surface area contributed by atoms with Gasteiger partial charge < -0.3 is 9.52 Å². The van der Waals surface area contributed by atoms with Crippen LogP contribution in [0.1, 0.15) is 10.6 Å². The molecule has 0 aliphatic heterocycles. The van der Waals surface area contributed by atoms with E-state index < -0.39 is 26.8 Å². The largest absolute Gasteiger partial charge is 0.475 e. The second-order valence-corrected chi connectivity index (χ2v) is 6.87. The number of hydrogen-bond acceptors (Lipinski definition) is 4. The van der Waals surface area contributed by atoms with E-state index in [1.807, 2.05) is 22.6 Å². The molecule has 0 saturated heterocycles. The summed E-state index contributed by atoms with van der Waals surface area (Å²) in [6.45, 7) is 0. The number of furan rings is 1. The molecule has 6 nitrogen and oxygen atoms in total. The minimum atomic E-state index is -3.99. The van der Waals surface area contributed by atoms with Crippen molar-refractivity contribution in [3.63, 3.8) is 0 Å². The number of halogens is 2. The number of carboxylic acids is 1. The molecule has 0 amide bonds. The highest BCUT2D eigenvalue weighted by Gasteiger charge is 2.21. The summed E-state index contributed by atoms with van der Waals surface area (Å²) < 4.78 is 31.8. The molecule has 2 aromatic rings. The normalized spacial score (nSPS) is 11.3. The number of hydrogen-bond donors (Lipinski definition) is 2. The summed E-state index contributed by atoms with van der Waals surface area (Å²) >= 11 is 7.70. The summed E-state index contributed by atoms with van der Waals surface area (Å²) in [5.74, 6) is -1.79. The van der Waals surface area contributed by atoms with E-state index in [1.165, 1.54) is 12.1 Å². The topological polar surface area (TPSA) is 96.6 Å². The molecule has 0 radical (unpaired) electrons. The van der Waals surface area contributed by atoms with E-state index in [0.717, 1.165) is 12.1 Å². The first-order valence-electron chi connectivity index (χ1n) is 5.10. The van der Waals surface area contributed by atoms with Crippen LogP contribution in [-0.2, 0) is 10.0 Å². The van der Waals surface area contributed by atoms with E-state index in [9.17, 15) is 13.2 Å². The number of carboxylic acid groups (broad SMARTS) is 1.